The number of hydrogen-bond donors (Lipinski definition) is 3. The molecule has 0 amide bonds. The summed E-state index contributed by atoms with van der Waals surface area (Å²) >= 11 is 0. The van der Waals surface area contributed by atoms with Gasteiger partial charge in [-0.25, -0.2) is 0 Å². The van der Waals surface area contributed by atoms with E-state index in [0.29, 0.717) is 6.61 Å². The van der Waals surface area contributed by atoms with Gasteiger partial charge in [0, 0.05) is 0 Å². The third-order valence-electron chi connectivity index (χ3n) is 2.18. The van der Waals surface area contributed by atoms with Gasteiger partial charge in [0.05, 0.1) is 12.6 Å². The van der Waals surface area contributed by atoms with Crippen molar-refractivity contribution in [2.24, 2.45) is 5.73 Å². The molecule has 0 unspecified atom stereocenters. The van der Waals surface area contributed by atoms with Crippen molar-refractivity contribution in [1.82, 2.24) is 0 Å². The van der Waals surface area contributed by atoms with Gasteiger partial charge in [0.15, 0.2) is 6.29 Å². The van der Waals surface area contributed by atoms with Crippen molar-refractivity contribution in [3.8, 4) is 0 Å². The van der Waals surface area contributed by atoms with Crippen LogP contribution in [0.5, 0.6) is 0 Å². The summed E-state index contributed by atoms with van der Waals surface area (Å²) in [5, 5.41) is 18.6. The summed E-state index contributed by atoms with van der Waals surface area (Å²) in [5.74, 6) is 0. The fourth-order valence-electron chi connectivity index (χ4n) is 1.43. The minimum absolute atomic E-state index is 0.316. The van der Waals surface area contributed by atoms with E-state index in [1.54, 1.807) is 0 Å². The Morgan fingerprint density at radius 1 is 1.27 bits per heavy atom. The lowest BCUT2D eigenvalue weighted by Crippen LogP contribution is -2.58. The van der Waals surface area contributed by atoms with Crippen LogP contribution in [0, 0.1) is 0 Å². The number of fused-ring (bicyclic) bond motifs is 2. The largest absolute Gasteiger partial charge is 0.389 e. The van der Waals surface area contributed by atoms with Crippen molar-refractivity contribution in [2.75, 3.05) is 6.61 Å². The average molecular weight is 161 g/mol. The lowest BCUT2D eigenvalue weighted by molar-refractivity contribution is -0.189. The highest BCUT2D eigenvalue weighted by atomic mass is 16.7. The zero-order valence-electron chi connectivity index (χ0n) is 5.88. The Balaban J connectivity index is 2.16. The highest BCUT2D eigenvalue weighted by Crippen LogP contribution is 2.26. The van der Waals surface area contributed by atoms with Gasteiger partial charge in [0.2, 0.25) is 0 Å². The van der Waals surface area contributed by atoms with Crippen LogP contribution < -0.4 is 5.73 Å². The van der Waals surface area contributed by atoms with E-state index in [1.165, 1.54) is 0 Å². The van der Waals surface area contributed by atoms with E-state index in [0.717, 1.165) is 0 Å². The quantitative estimate of drug-likeness (QED) is 0.375. The Kier molecular flexibility index (Phi) is 1.62. The molecule has 0 radical (unpaired) electrons. The fourth-order valence-corrected chi connectivity index (χ4v) is 1.43. The number of hydrogen-bond acceptors (Lipinski definition) is 5. The van der Waals surface area contributed by atoms with Crippen LogP contribution in [0.25, 0.3) is 0 Å². The number of nitrogens with two attached hydrogens (primary N) is 1. The highest BCUT2D eigenvalue weighted by Gasteiger charge is 2.47. The lowest BCUT2D eigenvalue weighted by atomic mass is 9.99. The Bertz CT molecular complexity index is 145. The molecule has 5 heteroatoms. The first kappa shape index (κ1) is 7.45. The number of aliphatic hydroxyl groups is 2. The van der Waals surface area contributed by atoms with Crippen LogP contribution in [-0.2, 0) is 9.47 Å². The number of aliphatic hydroxyl groups excluding tert-OH is 2. The van der Waals surface area contributed by atoms with Crippen LogP contribution in [0.4, 0.5) is 0 Å². The van der Waals surface area contributed by atoms with E-state index in [4.69, 9.17) is 15.2 Å². The van der Waals surface area contributed by atoms with Gasteiger partial charge in [0.1, 0.15) is 18.3 Å². The molecule has 2 heterocycles. The maximum absolute atomic E-state index is 9.34. The predicted octanol–water partition coefficient (Wildman–Crippen LogP) is -2.21. The Morgan fingerprint density at radius 2 is 2.00 bits per heavy atom. The summed E-state index contributed by atoms with van der Waals surface area (Å²) in [6, 6.07) is -0.652. The summed E-state index contributed by atoms with van der Waals surface area (Å²) in [4.78, 5) is 0. The fraction of sp³-hybridized carbons (Fsp3) is 1.00. The van der Waals surface area contributed by atoms with E-state index in [9.17, 15) is 10.2 Å². The van der Waals surface area contributed by atoms with E-state index in [-0.39, 0.29) is 6.10 Å². The molecule has 2 bridgehead atoms. The molecule has 0 spiro atoms. The molecule has 2 aliphatic rings. The Morgan fingerprint density at radius 3 is 2.73 bits per heavy atom. The first-order valence-electron chi connectivity index (χ1n) is 3.59. The molecule has 5 atom stereocenters. The van der Waals surface area contributed by atoms with Crippen LogP contribution in [0.3, 0.4) is 0 Å². The topological polar surface area (TPSA) is 84.9 Å². The van der Waals surface area contributed by atoms with Gasteiger partial charge in [-0.2, -0.15) is 0 Å². The molecule has 64 valence electrons. The molecule has 2 saturated heterocycles. The smallest absolute Gasteiger partial charge is 0.185 e. The monoisotopic (exact) mass is 161 g/mol. The summed E-state index contributed by atoms with van der Waals surface area (Å²) in [7, 11) is 0. The molecule has 0 aromatic heterocycles. The van der Waals surface area contributed by atoms with Crippen molar-refractivity contribution in [3.63, 3.8) is 0 Å². The number of ether oxygens (including phenoxy) is 2. The van der Waals surface area contributed by atoms with E-state index in [1.807, 2.05) is 0 Å². The van der Waals surface area contributed by atoms with Crippen molar-refractivity contribution < 1.29 is 19.7 Å². The van der Waals surface area contributed by atoms with Crippen LogP contribution in [0.15, 0.2) is 0 Å². The second kappa shape index (κ2) is 2.40. The molecular formula is C6H11NO4. The second-order valence-electron chi connectivity index (χ2n) is 2.93. The molecule has 0 aromatic carbocycles. The molecule has 4 N–H and O–H groups in total. The van der Waals surface area contributed by atoms with Gasteiger partial charge in [-0.15, -0.1) is 0 Å². The summed E-state index contributed by atoms with van der Waals surface area (Å²) in [6.45, 7) is 0.316. The molecule has 0 aromatic rings. The summed E-state index contributed by atoms with van der Waals surface area (Å²) < 4.78 is 10.1. The van der Waals surface area contributed by atoms with Crippen LogP contribution in [-0.4, -0.2) is 47.5 Å². The SMILES string of the molecule is N[C@@H]1[C@@H](O)[C@H]2CO[C@H](O2)[C@@H]1O. The minimum Gasteiger partial charge on any atom is -0.389 e. The lowest BCUT2D eigenvalue weighted by Gasteiger charge is -2.33. The average Bonchev–Trinajstić information content (AvgIpc) is 2.44. The zero-order chi connectivity index (χ0) is 8.01. The van der Waals surface area contributed by atoms with Crippen LogP contribution in [0.2, 0.25) is 0 Å². The standard InChI is InChI=1S/C6H11NO4/c7-3-4(8)2-1-10-6(11-2)5(3)9/h2-6,8-9H,1,7H2/t2-,3-,4+,5-,6-/m1/s1. The van der Waals surface area contributed by atoms with Gasteiger partial charge in [-0.1, -0.05) is 0 Å². The Labute approximate surface area is 63.7 Å². The first-order valence-corrected chi connectivity index (χ1v) is 3.59. The minimum atomic E-state index is -0.913. The van der Waals surface area contributed by atoms with Gasteiger partial charge >= 0.3 is 0 Å². The van der Waals surface area contributed by atoms with Gasteiger partial charge < -0.3 is 25.4 Å². The molecule has 5 nitrogen and oxygen atoms in total. The third kappa shape index (κ3) is 0.969. The van der Waals surface area contributed by atoms with E-state index in [2.05, 4.69) is 0 Å². The molecule has 2 aliphatic heterocycles. The molecule has 2 rings (SSSR count). The third-order valence-corrected chi connectivity index (χ3v) is 2.18. The van der Waals surface area contributed by atoms with E-state index >= 15 is 0 Å². The van der Waals surface area contributed by atoms with Gasteiger partial charge in [0.25, 0.3) is 0 Å². The molecule has 0 aliphatic carbocycles. The van der Waals surface area contributed by atoms with Crippen LogP contribution >= 0.6 is 0 Å². The molecule has 2 fully saturated rings. The molecular weight excluding hydrogens is 150 g/mol. The second-order valence-corrected chi connectivity index (χ2v) is 2.93. The zero-order valence-corrected chi connectivity index (χ0v) is 5.88. The number of rotatable bonds is 0. The maximum atomic E-state index is 9.34. The Hall–Kier alpha value is -0.200. The van der Waals surface area contributed by atoms with E-state index < -0.39 is 24.5 Å². The highest BCUT2D eigenvalue weighted by molar-refractivity contribution is 4.95. The van der Waals surface area contributed by atoms with Crippen molar-refractivity contribution >= 4 is 0 Å². The first-order chi connectivity index (χ1) is 5.20. The maximum Gasteiger partial charge on any atom is 0.185 e. The normalized spacial score (nSPS) is 56.5. The van der Waals surface area contributed by atoms with Gasteiger partial charge in [-0.3, -0.25) is 0 Å². The predicted molar refractivity (Wildman–Crippen MR) is 34.6 cm³/mol. The van der Waals surface area contributed by atoms with Crippen molar-refractivity contribution in [1.29, 1.82) is 0 Å². The van der Waals surface area contributed by atoms with Crippen LogP contribution in [0.1, 0.15) is 0 Å². The summed E-state index contributed by atoms with van der Waals surface area (Å²) in [5.41, 5.74) is 5.48. The van der Waals surface area contributed by atoms with Crippen molar-refractivity contribution in [2.45, 2.75) is 30.6 Å². The molecule has 0 saturated carbocycles. The van der Waals surface area contributed by atoms with Crippen molar-refractivity contribution in [3.05, 3.63) is 0 Å². The summed E-state index contributed by atoms with van der Waals surface area (Å²) in [6.07, 6.45) is -2.73. The molecule has 11 heavy (non-hydrogen) atoms. The van der Waals surface area contributed by atoms with Gasteiger partial charge in [-0.05, 0) is 0 Å².